The van der Waals surface area contributed by atoms with Crippen LogP contribution in [0.4, 0.5) is 0 Å². The molecule has 1 fully saturated rings. The number of fused-ring (bicyclic) bond motifs is 7. The van der Waals surface area contributed by atoms with Crippen LogP contribution in [0.2, 0.25) is 0 Å². The van der Waals surface area contributed by atoms with Crippen LogP contribution in [0.15, 0.2) is 352 Å². The lowest BCUT2D eigenvalue weighted by Crippen LogP contribution is -2.29. The Morgan fingerprint density at radius 1 is 0.228 bits per heavy atom. The smallest absolute Gasteiger partial charge is 0.340 e. The molecule has 2 heteroatoms. The van der Waals surface area contributed by atoms with Gasteiger partial charge >= 0.3 is 5.97 Å². The summed E-state index contributed by atoms with van der Waals surface area (Å²) in [5.74, 6) is 1.28. The highest BCUT2D eigenvalue weighted by molar-refractivity contribution is 5.96. The normalized spacial score (nSPS) is 15.2. The molecule has 1 saturated carbocycles. The third kappa shape index (κ3) is 15.1. The number of esters is 1. The van der Waals surface area contributed by atoms with Crippen LogP contribution in [0.1, 0.15) is 187 Å². The van der Waals surface area contributed by atoms with E-state index in [0.717, 1.165) is 28.5 Å². The second-order valence-corrected chi connectivity index (χ2v) is 32.5. The first kappa shape index (κ1) is 77.1. The van der Waals surface area contributed by atoms with Crippen LogP contribution in [0, 0.1) is 83.1 Å². The molecular weight excluding hydrogens is 1380 g/mol. The Morgan fingerprint density at radius 2 is 0.465 bits per heavy atom. The lowest BCUT2D eigenvalue weighted by molar-refractivity contribution is 0.0251. The van der Waals surface area contributed by atoms with E-state index in [1.165, 1.54) is 181 Å². The summed E-state index contributed by atoms with van der Waals surface area (Å²) in [5.41, 5.74) is 39.6. The van der Waals surface area contributed by atoms with E-state index in [2.05, 4.69) is 386 Å². The van der Waals surface area contributed by atoms with Crippen LogP contribution in [0.25, 0.3) is 33.4 Å². The van der Waals surface area contributed by atoms with Gasteiger partial charge in [-0.2, -0.15) is 0 Å². The number of cyclic esters (lactones) is 1. The lowest BCUT2D eigenvalue weighted by atomic mass is 9.67. The minimum atomic E-state index is -0.880. The van der Waals surface area contributed by atoms with Crippen LogP contribution in [-0.4, -0.2) is 5.97 Å². The van der Waals surface area contributed by atoms with Crippen molar-refractivity contribution < 1.29 is 9.53 Å². The molecule has 0 N–H and O–H groups in total. The van der Waals surface area contributed by atoms with Crippen LogP contribution in [-0.2, 0) is 21.2 Å². The highest BCUT2D eigenvalue weighted by Gasteiger charge is 2.50. The Hall–Kier alpha value is -12.2. The Labute approximate surface area is 678 Å². The quantitative estimate of drug-likeness (QED) is 0.135. The van der Waals surface area contributed by atoms with E-state index in [-0.39, 0.29) is 16.8 Å². The monoisotopic (exact) mass is 1480 g/mol. The molecule has 1 heterocycles. The second-order valence-electron chi connectivity index (χ2n) is 32.5. The minimum absolute atomic E-state index is 0.269. The van der Waals surface area contributed by atoms with E-state index in [1.807, 2.05) is 48.5 Å². The molecule has 0 spiro atoms. The van der Waals surface area contributed by atoms with Crippen molar-refractivity contribution in [1.82, 2.24) is 0 Å². The van der Waals surface area contributed by atoms with Gasteiger partial charge in [-0.1, -0.05) is 390 Å². The number of carbonyl (C=O) groups excluding carboxylic acids is 1. The van der Waals surface area contributed by atoms with Gasteiger partial charge < -0.3 is 4.74 Å². The molecule has 564 valence electrons. The number of hydrogen-bond donors (Lipinski definition) is 0. The molecule has 15 aromatic carbocycles. The summed E-state index contributed by atoms with van der Waals surface area (Å²) in [5, 5.41) is 0. The molecule has 0 bridgehead atoms. The van der Waals surface area contributed by atoms with Crippen molar-refractivity contribution in [2.45, 2.75) is 137 Å². The molecule has 1 aliphatic heterocycles. The topological polar surface area (TPSA) is 26.3 Å². The highest BCUT2D eigenvalue weighted by atomic mass is 16.6. The molecule has 15 aromatic rings. The first-order valence-corrected chi connectivity index (χ1v) is 40.8. The standard InChI is InChI=1S/C29H26.C27H22.C22H18O2.C20H24.C14H14/c1-19-13-15-23(17-21(19)3)29(24-16-14-20(2)22(4)18-24)27-11-7-5-9-25(27)26-10-6-8-12-28(26)29;1-19-11-15-21(16-12-19)27(22-17-13-20(2)14-18-22)25-9-5-3-7-23(25)24-8-4-6-10-26(24)27;1-15-7-11-17(12-8-15)22(18-13-9-16(2)10-14-18)20-6-4-3-5-19(20)21(23)24-22;1-15-3-7-17(8-4-15)19-11-13-20(14-12-19)18-9-5-16(2)6-10-18;1-11-3-7-13(8-4-11)14-9-5-12(2)6-10-14/h5-18H,1-4H3;3-18H,1-2H3;3-14H,1-2H3;3-10,19-20H,11-14H2,1-2H3;3-10H,1-2H3. The summed E-state index contributed by atoms with van der Waals surface area (Å²) in [4.78, 5) is 12.5. The van der Waals surface area contributed by atoms with Crippen molar-refractivity contribution in [3.63, 3.8) is 0 Å². The molecule has 0 radical (unpaired) electrons. The maximum absolute atomic E-state index is 12.5. The van der Waals surface area contributed by atoms with Gasteiger partial charge in [-0.3, -0.25) is 0 Å². The van der Waals surface area contributed by atoms with Gasteiger partial charge in [0.05, 0.1) is 16.4 Å². The average molecular weight is 1480 g/mol. The molecule has 0 saturated heterocycles. The van der Waals surface area contributed by atoms with Crippen molar-refractivity contribution in [3.05, 3.63) is 496 Å². The zero-order chi connectivity index (χ0) is 79.3. The molecule has 0 aromatic heterocycles. The predicted molar refractivity (Wildman–Crippen MR) is 478 cm³/mol. The zero-order valence-corrected chi connectivity index (χ0v) is 68.3. The van der Waals surface area contributed by atoms with E-state index in [9.17, 15) is 4.79 Å². The van der Waals surface area contributed by atoms with Crippen molar-refractivity contribution in [2.24, 2.45) is 0 Å². The fourth-order valence-electron chi connectivity index (χ4n) is 17.9. The number of hydrogen-bond acceptors (Lipinski definition) is 2. The fraction of sp³-hybridized carbons (Fsp3) is 0.188. The summed E-state index contributed by atoms with van der Waals surface area (Å²) in [7, 11) is 0. The van der Waals surface area contributed by atoms with E-state index >= 15 is 0 Å². The molecule has 2 nitrogen and oxygen atoms in total. The SMILES string of the molecule is Cc1ccc(-c2ccc(C)cc2)cc1.Cc1ccc(C2(c3ccc(C)c(C)c3)c3ccccc3-c3ccccc32)cc1C.Cc1ccc(C2(c3ccc(C)cc3)OC(=O)c3ccccc32)cc1.Cc1ccc(C2(c3ccc(C)cc3)c3ccccc3-c3ccccc32)cc1.Cc1ccc(C2CCC(c3ccc(C)cc3)CC2)cc1. The van der Waals surface area contributed by atoms with Crippen molar-refractivity contribution in [1.29, 1.82) is 0 Å². The van der Waals surface area contributed by atoms with Gasteiger partial charge in [-0.15, -0.1) is 0 Å². The summed E-state index contributed by atoms with van der Waals surface area (Å²) in [6, 6.07) is 127. The van der Waals surface area contributed by atoms with Crippen LogP contribution in [0.5, 0.6) is 0 Å². The average Bonchev–Trinajstić information content (AvgIpc) is 1.54. The van der Waals surface area contributed by atoms with Gasteiger partial charge in [-0.05, 0) is 238 Å². The maximum Gasteiger partial charge on any atom is 0.340 e. The van der Waals surface area contributed by atoms with Crippen molar-refractivity contribution >= 4 is 5.97 Å². The zero-order valence-electron chi connectivity index (χ0n) is 68.3. The van der Waals surface area contributed by atoms with E-state index in [0.29, 0.717) is 5.56 Å². The minimum Gasteiger partial charge on any atom is -0.441 e. The summed E-state index contributed by atoms with van der Waals surface area (Å²) < 4.78 is 6.03. The largest absolute Gasteiger partial charge is 0.441 e. The van der Waals surface area contributed by atoms with Gasteiger partial charge in [0.15, 0.2) is 5.60 Å². The van der Waals surface area contributed by atoms with Gasteiger partial charge in [-0.25, -0.2) is 4.79 Å². The number of carbonyl (C=O) groups is 1. The van der Waals surface area contributed by atoms with Gasteiger partial charge in [0.25, 0.3) is 0 Å². The first-order chi connectivity index (χ1) is 55.3. The lowest BCUT2D eigenvalue weighted by Gasteiger charge is -2.34. The van der Waals surface area contributed by atoms with E-state index < -0.39 is 5.60 Å². The maximum atomic E-state index is 12.5. The summed E-state index contributed by atoms with van der Waals surface area (Å²) >= 11 is 0. The molecule has 114 heavy (non-hydrogen) atoms. The number of ether oxygens (including phenoxy) is 1. The second kappa shape index (κ2) is 33.2. The molecule has 0 atom stereocenters. The molecular formula is C112H104O2. The van der Waals surface area contributed by atoms with Crippen LogP contribution in [0.3, 0.4) is 0 Å². The highest BCUT2D eigenvalue weighted by Crippen LogP contribution is 2.58. The van der Waals surface area contributed by atoms with E-state index in [4.69, 9.17) is 4.74 Å². The molecule has 19 rings (SSSR count). The molecule has 4 aliphatic rings. The Bertz CT molecular complexity index is 5540. The summed E-state index contributed by atoms with van der Waals surface area (Å²) in [6.45, 7) is 25.8. The molecule has 3 aliphatic carbocycles. The molecule has 0 unspecified atom stereocenters. The third-order valence-electron chi connectivity index (χ3n) is 24.7. The van der Waals surface area contributed by atoms with Crippen LogP contribution >= 0.6 is 0 Å². The Balaban J connectivity index is 0.000000114. The van der Waals surface area contributed by atoms with E-state index in [1.54, 1.807) is 0 Å². The number of aryl methyl sites for hydroxylation is 12. The number of benzene rings is 15. The predicted octanol–water partition coefficient (Wildman–Crippen LogP) is 28.4. The van der Waals surface area contributed by atoms with Crippen LogP contribution < -0.4 is 0 Å². The van der Waals surface area contributed by atoms with Gasteiger partial charge in [0, 0.05) is 16.7 Å². The van der Waals surface area contributed by atoms with Crippen molar-refractivity contribution in [2.75, 3.05) is 0 Å². The first-order valence-electron chi connectivity index (χ1n) is 40.8. The Morgan fingerprint density at radius 3 is 0.763 bits per heavy atom. The fourth-order valence-corrected chi connectivity index (χ4v) is 17.9. The third-order valence-corrected chi connectivity index (χ3v) is 24.7. The Kier molecular flexibility index (Phi) is 22.5. The van der Waals surface area contributed by atoms with Gasteiger partial charge in [0.2, 0.25) is 0 Å². The van der Waals surface area contributed by atoms with Gasteiger partial charge in [0.1, 0.15) is 0 Å². The molecule has 0 amide bonds. The number of rotatable bonds is 9. The summed E-state index contributed by atoms with van der Waals surface area (Å²) in [6.07, 6.45) is 5.34. The van der Waals surface area contributed by atoms with Crippen molar-refractivity contribution in [3.8, 4) is 33.4 Å².